The lowest BCUT2D eigenvalue weighted by Gasteiger charge is -2.28. The van der Waals surface area contributed by atoms with Crippen molar-refractivity contribution < 1.29 is 9.84 Å². The van der Waals surface area contributed by atoms with Gasteiger partial charge in [0.05, 0.1) is 17.2 Å². The van der Waals surface area contributed by atoms with Crippen LogP contribution in [-0.4, -0.2) is 44.5 Å². The predicted octanol–water partition coefficient (Wildman–Crippen LogP) is 3.90. The van der Waals surface area contributed by atoms with Crippen molar-refractivity contribution in [2.24, 2.45) is 0 Å². The molecule has 3 aromatic rings. The first-order valence-electron chi connectivity index (χ1n) is 10.5. The fourth-order valence-corrected chi connectivity index (χ4v) is 6.07. The number of aliphatic hydroxyl groups is 1. The number of aromatic amines is 1. The molecule has 0 unspecified atom stereocenters. The van der Waals surface area contributed by atoms with Crippen LogP contribution in [0.5, 0.6) is 5.88 Å². The zero-order valence-corrected chi connectivity index (χ0v) is 18.6. The fourth-order valence-electron chi connectivity index (χ4n) is 4.84. The molecule has 5 rings (SSSR count). The molecular formula is C21H28ClN5O2S. The molecule has 3 heterocycles. The van der Waals surface area contributed by atoms with Crippen LogP contribution >= 0.6 is 23.7 Å². The van der Waals surface area contributed by atoms with E-state index in [1.807, 2.05) is 13.1 Å². The highest BCUT2D eigenvalue weighted by Gasteiger charge is 2.33. The largest absolute Gasteiger partial charge is 0.474 e. The molecule has 1 saturated carbocycles. The molecule has 0 bridgehead atoms. The molecule has 30 heavy (non-hydrogen) atoms. The Bertz CT molecular complexity index is 971. The number of nitrogens with zero attached hydrogens (tertiary/aromatic N) is 3. The summed E-state index contributed by atoms with van der Waals surface area (Å²) in [5.41, 5.74) is 1.99. The zero-order chi connectivity index (χ0) is 19.8. The number of halogens is 1. The maximum absolute atomic E-state index is 10.6. The van der Waals surface area contributed by atoms with Gasteiger partial charge in [-0.3, -0.25) is 5.10 Å². The lowest BCUT2D eigenvalue weighted by atomic mass is 9.92. The molecule has 0 aromatic carbocycles. The van der Waals surface area contributed by atoms with Gasteiger partial charge in [-0.05, 0) is 69.5 Å². The number of aryl methyl sites for hydroxylation is 1. The van der Waals surface area contributed by atoms with Gasteiger partial charge in [-0.15, -0.1) is 23.7 Å². The van der Waals surface area contributed by atoms with Crippen molar-refractivity contribution in [2.75, 3.05) is 7.05 Å². The minimum atomic E-state index is -0.571. The highest BCUT2D eigenvalue weighted by Crippen LogP contribution is 2.48. The van der Waals surface area contributed by atoms with Crippen LogP contribution in [0.15, 0.2) is 18.6 Å². The number of ether oxygens (including phenoxy) is 1. The summed E-state index contributed by atoms with van der Waals surface area (Å²) >= 11 is 1.75. The highest BCUT2D eigenvalue weighted by molar-refractivity contribution is 7.19. The van der Waals surface area contributed by atoms with Crippen molar-refractivity contribution in [3.63, 3.8) is 0 Å². The highest BCUT2D eigenvalue weighted by atomic mass is 35.5. The monoisotopic (exact) mass is 449 g/mol. The van der Waals surface area contributed by atoms with Gasteiger partial charge >= 0.3 is 0 Å². The van der Waals surface area contributed by atoms with Crippen LogP contribution in [0.2, 0.25) is 0 Å². The van der Waals surface area contributed by atoms with Gasteiger partial charge in [0, 0.05) is 17.1 Å². The van der Waals surface area contributed by atoms with Crippen LogP contribution in [0.25, 0.3) is 10.2 Å². The third kappa shape index (κ3) is 4.06. The summed E-state index contributed by atoms with van der Waals surface area (Å²) in [5, 5.41) is 22.0. The Kier molecular flexibility index (Phi) is 6.57. The Morgan fingerprint density at radius 1 is 1.27 bits per heavy atom. The van der Waals surface area contributed by atoms with E-state index in [1.54, 1.807) is 23.9 Å². The normalized spacial score (nSPS) is 24.4. The summed E-state index contributed by atoms with van der Waals surface area (Å²) < 4.78 is 6.42. The molecule has 2 atom stereocenters. The van der Waals surface area contributed by atoms with E-state index in [2.05, 4.69) is 25.5 Å². The second-order valence-corrected chi connectivity index (χ2v) is 9.25. The van der Waals surface area contributed by atoms with Gasteiger partial charge in [0.2, 0.25) is 5.88 Å². The molecule has 162 valence electrons. The van der Waals surface area contributed by atoms with Crippen molar-refractivity contribution in [3.05, 3.63) is 34.7 Å². The van der Waals surface area contributed by atoms with Crippen LogP contribution in [0, 0.1) is 0 Å². The minimum Gasteiger partial charge on any atom is -0.474 e. The Hall–Kier alpha value is -1.74. The molecule has 2 aliphatic rings. The van der Waals surface area contributed by atoms with E-state index in [1.165, 1.54) is 10.4 Å². The van der Waals surface area contributed by atoms with E-state index in [-0.39, 0.29) is 24.4 Å². The molecule has 0 amide bonds. The van der Waals surface area contributed by atoms with Crippen molar-refractivity contribution >= 4 is 34.0 Å². The molecule has 0 radical (unpaired) electrons. The van der Waals surface area contributed by atoms with Crippen molar-refractivity contribution in [1.82, 2.24) is 25.5 Å². The Morgan fingerprint density at radius 2 is 2.10 bits per heavy atom. The van der Waals surface area contributed by atoms with E-state index >= 15 is 0 Å². The maximum atomic E-state index is 10.6. The minimum absolute atomic E-state index is 0. The predicted molar refractivity (Wildman–Crippen MR) is 120 cm³/mol. The van der Waals surface area contributed by atoms with Crippen molar-refractivity contribution in [3.8, 4) is 5.88 Å². The number of aliphatic hydroxyl groups excluding tert-OH is 1. The summed E-state index contributed by atoms with van der Waals surface area (Å²) in [6, 6.07) is 2.43. The van der Waals surface area contributed by atoms with Gasteiger partial charge < -0.3 is 15.2 Å². The standard InChI is InChI=1S/C21H27N5O2S.ClH/c1-22-13-3-5-14(6-4-13)28-20-19-18-12(10-16(27)15-8-9-25-26-15)2-7-17(18)29-21(19)24-11-23-20;/h8-9,11-14,16,22,27H,2-7,10H2,1H3,(H,25,26);1H/t12-,13?,14?,16+;/m1./s1. The molecule has 3 N–H and O–H groups in total. The molecule has 9 heteroatoms. The fraction of sp³-hybridized carbons (Fsp3) is 0.571. The van der Waals surface area contributed by atoms with Gasteiger partial charge in [0.25, 0.3) is 0 Å². The molecule has 1 fully saturated rings. The topological polar surface area (TPSA) is 96.0 Å². The maximum Gasteiger partial charge on any atom is 0.225 e. The Morgan fingerprint density at radius 3 is 2.83 bits per heavy atom. The summed E-state index contributed by atoms with van der Waals surface area (Å²) in [7, 11) is 2.03. The summed E-state index contributed by atoms with van der Waals surface area (Å²) in [6.07, 6.45) is 10.1. The second kappa shape index (κ2) is 9.18. The third-order valence-corrected chi connectivity index (χ3v) is 7.60. The van der Waals surface area contributed by atoms with Gasteiger partial charge in [-0.25, -0.2) is 9.97 Å². The SMILES string of the molecule is CNC1CCC(Oc2ncnc3sc4c(c23)[C@@H](C[C@H](O)c2cc[nH]n2)CC4)CC1.Cl. The Balaban J connectivity index is 0.00000218. The summed E-state index contributed by atoms with van der Waals surface area (Å²) in [6.45, 7) is 0. The van der Waals surface area contributed by atoms with Gasteiger partial charge in [-0.2, -0.15) is 5.10 Å². The number of thiophene rings is 1. The third-order valence-electron chi connectivity index (χ3n) is 6.43. The molecule has 2 aliphatic carbocycles. The number of hydrogen-bond acceptors (Lipinski definition) is 7. The molecule has 0 saturated heterocycles. The van der Waals surface area contributed by atoms with Crippen LogP contribution in [0.3, 0.4) is 0 Å². The van der Waals surface area contributed by atoms with E-state index in [0.29, 0.717) is 18.2 Å². The number of H-pyrrole nitrogens is 1. The average molecular weight is 450 g/mol. The van der Waals surface area contributed by atoms with Crippen LogP contribution in [0.1, 0.15) is 66.7 Å². The van der Waals surface area contributed by atoms with Gasteiger partial charge in [0.1, 0.15) is 17.3 Å². The number of hydrogen-bond donors (Lipinski definition) is 3. The smallest absolute Gasteiger partial charge is 0.225 e. The van der Waals surface area contributed by atoms with Gasteiger partial charge in [-0.1, -0.05) is 0 Å². The average Bonchev–Trinajstić information content (AvgIpc) is 3.46. The summed E-state index contributed by atoms with van der Waals surface area (Å²) in [5.74, 6) is 1.00. The van der Waals surface area contributed by atoms with E-state index in [9.17, 15) is 5.11 Å². The van der Waals surface area contributed by atoms with E-state index < -0.39 is 6.10 Å². The lowest BCUT2D eigenvalue weighted by Crippen LogP contribution is -2.34. The molecule has 3 aromatic heterocycles. The van der Waals surface area contributed by atoms with Crippen molar-refractivity contribution in [2.45, 2.75) is 69.1 Å². The number of nitrogens with one attached hydrogen (secondary N) is 2. The van der Waals surface area contributed by atoms with Crippen LogP contribution in [-0.2, 0) is 6.42 Å². The molecule has 0 spiro atoms. The number of rotatable bonds is 6. The first-order chi connectivity index (χ1) is 14.2. The molecule has 0 aliphatic heterocycles. The molecule has 7 nitrogen and oxygen atoms in total. The van der Waals surface area contributed by atoms with Crippen molar-refractivity contribution in [1.29, 1.82) is 0 Å². The quantitative estimate of drug-likeness (QED) is 0.528. The zero-order valence-electron chi connectivity index (χ0n) is 17.0. The van der Waals surface area contributed by atoms with Crippen LogP contribution < -0.4 is 10.1 Å². The second-order valence-electron chi connectivity index (χ2n) is 8.16. The van der Waals surface area contributed by atoms with Gasteiger partial charge in [0.15, 0.2) is 0 Å². The van der Waals surface area contributed by atoms with E-state index in [4.69, 9.17) is 4.74 Å². The first kappa shape index (κ1) is 21.5. The first-order valence-corrected chi connectivity index (χ1v) is 11.3. The summed E-state index contributed by atoms with van der Waals surface area (Å²) in [4.78, 5) is 11.4. The van der Waals surface area contributed by atoms with E-state index in [0.717, 1.165) is 54.6 Å². The number of fused-ring (bicyclic) bond motifs is 3. The molecular weight excluding hydrogens is 422 g/mol. The Labute approximate surface area is 186 Å². The van der Waals surface area contributed by atoms with Crippen LogP contribution in [0.4, 0.5) is 0 Å². The number of aromatic nitrogens is 4. The lowest BCUT2D eigenvalue weighted by molar-refractivity contribution is 0.137.